The molecule has 2 saturated heterocycles. The van der Waals surface area contributed by atoms with Crippen LogP contribution < -0.4 is 5.32 Å². The fourth-order valence-electron chi connectivity index (χ4n) is 6.36. The van der Waals surface area contributed by atoms with Gasteiger partial charge in [-0.1, -0.05) is 13.8 Å². The van der Waals surface area contributed by atoms with Gasteiger partial charge in [-0.2, -0.15) is 5.10 Å². The maximum Gasteiger partial charge on any atom is 0.127 e. The van der Waals surface area contributed by atoms with Gasteiger partial charge in [0, 0.05) is 46.7 Å². The monoisotopic (exact) mass is 516 g/mol. The minimum Gasteiger partial charge on any atom is -0.381 e. The van der Waals surface area contributed by atoms with E-state index in [9.17, 15) is 9.18 Å². The lowest BCUT2D eigenvalue weighted by Gasteiger charge is -2.28. The van der Waals surface area contributed by atoms with Gasteiger partial charge in [-0.3, -0.25) is 4.68 Å². The largest absolute Gasteiger partial charge is 0.381 e. The molecule has 0 amide bonds. The van der Waals surface area contributed by atoms with Gasteiger partial charge in [0.1, 0.15) is 12.1 Å². The lowest BCUT2D eigenvalue weighted by Crippen LogP contribution is -2.31. The summed E-state index contributed by atoms with van der Waals surface area (Å²) in [6.45, 7) is 8.06. The summed E-state index contributed by atoms with van der Waals surface area (Å²) in [4.78, 5) is 11.7. The van der Waals surface area contributed by atoms with E-state index in [0.29, 0.717) is 18.4 Å². The third-order valence-corrected chi connectivity index (χ3v) is 8.34. The minimum absolute atomic E-state index is 0.229. The lowest BCUT2D eigenvalue weighted by molar-refractivity contribution is -0.115. The smallest absolute Gasteiger partial charge is 0.127 e. The molecule has 7 heteroatoms. The Balaban J connectivity index is 1.60. The fraction of sp³-hybridized carbons (Fsp3) is 0.484. The maximum atomic E-state index is 14.0. The number of hydrogen-bond donors (Lipinski definition) is 1. The molecule has 0 aliphatic carbocycles. The normalized spacial score (nSPS) is 19.4. The summed E-state index contributed by atoms with van der Waals surface area (Å²) in [6.07, 6.45) is 8.29. The van der Waals surface area contributed by atoms with Gasteiger partial charge < -0.3 is 19.4 Å². The van der Waals surface area contributed by atoms with Crippen molar-refractivity contribution in [1.29, 1.82) is 0 Å². The molecule has 0 bridgehead atoms. The summed E-state index contributed by atoms with van der Waals surface area (Å²) >= 11 is 0. The number of rotatable bonds is 7. The molecular formula is C31H37FN4O2. The second-order valence-electron chi connectivity index (χ2n) is 11.8. The Kier molecular flexibility index (Phi) is 6.82. The number of carbonyl (C=O) groups is 1. The number of carbonyl (C=O) groups excluding carboxylic acids is 1. The van der Waals surface area contributed by atoms with Crippen molar-refractivity contribution < 1.29 is 13.9 Å². The van der Waals surface area contributed by atoms with Crippen molar-refractivity contribution in [1.82, 2.24) is 19.7 Å². The molecule has 0 spiro atoms. The summed E-state index contributed by atoms with van der Waals surface area (Å²) < 4.78 is 24.1. The zero-order valence-electron chi connectivity index (χ0n) is 22.4. The molecule has 0 saturated carbocycles. The topological polar surface area (TPSA) is 61.1 Å². The first-order chi connectivity index (χ1) is 18.4. The van der Waals surface area contributed by atoms with Gasteiger partial charge in [-0.15, -0.1) is 0 Å². The van der Waals surface area contributed by atoms with E-state index in [-0.39, 0.29) is 5.82 Å². The average molecular weight is 517 g/mol. The van der Waals surface area contributed by atoms with Crippen LogP contribution in [0.2, 0.25) is 0 Å². The Morgan fingerprint density at radius 1 is 1.13 bits per heavy atom. The molecule has 200 valence electrons. The summed E-state index contributed by atoms with van der Waals surface area (Å²) in [5.74, 6) is 0.721. The predicted octanol–water partition coefficient (Wildman–Crippen LogP) is 5.78. The molecule has 1 N–H and O–H groups in total. The van der Waals surface area contributed by atoms with Gasteiger partial charge in [0.2, 0.25) is 0 Å². The van der Waals surface area contributed by atoms with E-state index in [0.717, 1.165) is 74.0 Å². The van der Waals surface area contributed by atoms with E-state index >= 15 is 0 Å². The van der Waals surface area contributed by atoms with Crippen molar-refractivity contribution in [3.05, 3.63) is 59.7 Å². The van der Waals surface area contributed by atoms with Crippen molar-refractivity contribution >= 4 is 28.1 Å². The summed E-state index contributed by atoms with van der Waals surface area (Å²) in [5.41, 5.74) is 5.41. The Morgan fingerprint density at radius 3 is 2.63 bits per heavy atom. The highest BCUT2D eigenvalue weighted by atomic mass is 19.1. The molecule has 1 atom stereocenters. The number of piperidine rings is 1. The molecule has 4 aromatic rings. The first kappa shape index (κ1) is 25.3. The van der Waals surface area contributed by atoms with Crippen LogP contribution in [0.5, 0.6) is 0 Å². The summed E-state index contributed by atoms with van der Waals surface area (Å²) in [7, 11) is 0. The predicted molar refractivity (Wildman–Crippen MR) is 148 cm³/mol. The molecule has 0 unspecified atom stereocenters. The van der Waals surface area contributed by atoms with Crippen LogP contribution >= 0.6 is 0 Å². The van der Waals surface area contributed by atoms with Crippen LogP contribution in [0.1, 0.15) is 56.7 Å². The highest BCUT2D eigenvalue weighted by Crippen LogP contribution is 2.41. The molecule has 6 rings (SSSR count). The second kappa shape index (κ2) is 10.3. The molecule has 38 heavy (non-hydrogen) atoms. The van der Waals surface area contributed by atoms with Gasteiger partial charge in [0.25, 0.3) is 0 Å². The third kappa shape index (κ3) is 4.78. The van der Waals surface area contributed by atoms with Crippen LogP contribution in [0.25, 0.3) is 27.5 Å². The van der Waals surface area contributed by atoms with Crippen molar-refractivity contribution in [2.75, 3.05) is 26.3 Å². The highest BCUT2D eigenvalue weighted by molar-refractivity contribution is 5.99. The zero-order valence-corrected chi connectivity index (χ0v) is 22.4. The van der Waals surface area contributed by atoms with Crippen molar-refractivity contribution in [2.45, 2.75) is 58.4 Å². The average Bonchev–Trinajstić information content (AvgIpc) is 3.47. The molecular weight excluding hydrogens is 479 g/mol. The van der Waals surface area contributed by atoms with Crippen molar-refractivity contribution in [3.8, 4) is 5.69 Å². The van der Waals surface area contributed by atoms with Crippen LogP contribution in [0, 0.1) is 17.2 Å². The molecule has 0 radical (unpaired) electrons. The first-order valence-electron chi connectivity index (χ1n) is 14.0. The van der Waals surface area contributed by atoms with Crippen molar-refractivity contribution in [2.24, 2.45) is 11.3 Å². The van der Waals surface area contributed by atoms with Crippen molar-refractivity contribution in [3.63, 3.8) is 0 Å². The Morgan fingerprint density at radius 2 is 1.92 bits per heavy atom. The number of aldehydes is 1. The standard InChI is InChI=1S/C31H37FN4O2/c1-31(2,20-37)19-35-28-16-26-27(14-21-4-3-11-33-17-21)30(22-9-12-38-13-10-22)36(25-7-5-24(32)6-8-25)29(26)15-23(28)18-34-35/h5-8,15-16,18,20-22,33H,3-4,9-14,17,19H2,1-2H3/t21-/m1/s1. The Bertz CT molecular complexity index is 1440. The molecule has 6 nitrogen and oxygen atoms in total. The van der Waals surface area contributed by atoms with Gasteiger partial charge in [-0.25, -0.2) is 4.39 Å². The van der Waals surface area contributed by atoms with Crippen LogP contribution in [-0.2, 0) is 22.5 Å². The van der Waals surface area contributed by atoms with Crippen LogP contribution in [0.3, 0.4) is 0 Å². The quantitative estimate of drug-likeness (QED) is 0.316. The van der Waals surface area contributed by atoms with E-state index in [4.69, 9.17) is 4.74 Å². The minimum atomic E-state index is -0.502. The number of aromatic nitrogens is 3. The fourth-order valence-corrected chi connectivity index (χ4v) is 6.36. The van der Waals surface area contributed by atoms with Gasteiger partial charge in [0.15, 0.2) is 0 Å². The molecule has 2 aliphatic rings. The molecule has 2 aromatic carbocycles. The van der Waals surface area contributed by atoms with E-state index in [1.165, 1.54) is 29.5 Å². The Labute approximate surface area is 223 Å². The number of fused-ring (bicyclic) bond motifs is 2. The zero-order chi connectivity index (χ0) is 26.3. The van der Waals surface area contributed by atoms with Crippen LogP contribution in [0.4, 0.5) is 4.39 Å². The van der Waals surface area contributed by atoms with Gasteiger partial charge in [0.05, 0.1) is 23.8 Å². The molecule has 2 aliphatic heterocycles. The first-order valence-corrected chi connectivity index (χ1v) is 14.0. The summed E-state index contributed by atoms with van der Waals surface area (Å²) in [5, 5.41) is 10.6. The number of benzene rings is 2. The van der Waals surface area contributed by atoms with E-state index in [1.807, 2.05) is 36.9 Å². The number of hydrogen-bond acceptors (Lipinski definition) is 4. The SMILES string of the molecule is CC(C)(C=O)Cn1ncc2cc3c(cc21)c(C[C@H]1CCCNC1)c(C1CCOCC1)n3-c1ccc(F)cc1. The molecule has 4 heterocycles. The van der Waals surface area contributed by atoms with E-state index in [2.05, 4.69) is 27.1 Å². The lowest BCUT2D eigenvalue weighted by atomic mass is 9.86. The van der Waals surface area contributed by atoms with Crippen LogP contribution in [0.15, 0.2) is 42.6 Å². The number of ether oxygens (including phenoxy) is 1. The second-order valence-corrected chi connectivity index (χ2v) is 11.8. The number of nitrogens with one attached hydrogen (secondary N) is 1. The maximum absolute atomic E-state index is 14.0. The van der Waals surface area contributed by atoms with E-state index in [1.54, 1.807) is 12.1 Å². The number of nitrogens with zero attached hydrogens (tertiary/aromatic N) is 3. The summed E-state index contributed by atoms with van der Waals surface area (Å²) in [6, 6.07) is 11.4. The third-order valence-electron chi connectivity index (χ3n) is 8.34. The Hall–Kier alpha value is -3.03. The molecule has 2 fully saturated rings. The van der Waals surface area contributed by atoms with E-state index < -0.39 is 5.41 Å². The van der Waals surface area contributed by atoms with Gasteiger partial charge in [-0.05, 0) is 93.1 Å². The highest BCUT2D eigenvalue weighted by Gasteiger charge is 2.29. The molecule has 2 aromatic heterocycles. The van der Waals surface area contributed by atoms with Gasteiger partial charge >= 0.3 is 0 Å². The number of halogens is 1. The van der Waals surface area contributed by atoms with Crippen LogP contribution in [-0.4, -0.2) is 46.9 Å².